The highest BCUT2D eigenvalue weighted by molar-refractivity contribution is 6.24. The number of hydrogen-bond acceptors (Lipinski definition) is 4. The Morgan fingerprint density at radius 1 is 1.65 bits per heavy atom. The summed E-state index contributed by atoms with van der Waals surface area (Å²) < 4.78 is 4.66. The zero-order valence-corrected chi connectivity index (χ0v) is 9.98. The first kappa shape index (κ1) is 11.9. The summed E-state index contributed by atoms with van der Waals surface area (Å²) in [5.74, 6) is -0.601. The van der Waals surface area contributed by atoms with Crippen molar-refractivity contribution in [2.45, 2.75) is 11.8 Å². The van der Waals surface area contributed by atoms with Crippen LogP contribution in [0.15, 0.2) is 18.5 Å². The first-order valence-corrected chi connectivity index (χ1v) is 5.54. The zero-order valence-electron chi connectivity index (χ0n) is 9.22. The van der Waals surface area contributed by atoms with Gasteiger partial charge in [0.1, 0.15) is 0 Å². The minimum Gasteiger partial charge on any atom is -0.465 e. The van der Waals surface area contributed by atoms with Gasteiger partial charge in [-0.05, 0) is 6.07 Å². The van der Waals surface area contributed by atoms with Gasteiger partial charge in [0.2, 0.25) is 5.91 Å². The number of aromatic nitrogens is 1. The molecule has 1 aliphatic rings. The van der Waals surface area contributed by atoms with E-state index in [1.54, 1.807) is 0 Å². The molecule has 1 unspecified atom stereocenters. The quantitative estimate of drug-likeness (QED) is 0.588. The molecular weight excluding hydrogens is 244 g/mol. The molecule has 2 heterocycles. The molecule has 1 aromatic rings. The Morgan fingerprint density at radius 2 is 2.41 bits per heavy atom. The molecule has 1 fully saturated rings. The van der Waals surface area contributed by atoms with Gasteiger partial charge >= 0.3 is 5.97 Å². The summed E-state index contributed by atoms with van der Waals surface area (Å²) in [5.41, 5.74) is 0.772. The van der Waals surface area contributed by atoms with Crippen LogP contribution in [0.25, 0.3) is 0 Å². The maximum atomic E-state index is 11.7. The average Bonchev–Trinajstić information content (AvgIpc) is 2.67. The highest BCUT2D eigenvalue weighted by Gasteiger charge is 2.31. The van der Waals surface area contributed by atoms with Gasteiger partial charge in [-0.1, -0.05) is 0 Å². The van der Waals surface area contributed by atoms with Gasteiger partial charge in [0.25, 0.3) is 0 Å². The van der Waals surface area contributed by atoms with E-state index in [1.807, 2.05) is 0 Å². The molecule has 1 aromatic heterocycles. The number of carbonyl (C=O) groups excluding carboxylic acids is 2. The molecule has 0 N–H and O–H groups in total. The van der Waals surface area contributed by atoms with Crippen LogP contribution >= 0.6 is 11.6 Å². The maximum absolute atomic E-state index is 11.7. The predicted molar refractivity (Wildman–Crippen MR) is 62.2 cm³/mol. The molecule has 90 valence electrons. The molecule has 2 rings (SSSR count). The molecule has 1 atom stereocenters. The summed E-state index contributed by atoms with van der Waals surface area (Å²) >= 11 is 5.92. The molecule has 1 saturated heterocycles. The van der Waals surface area contributed by atoms with Crippen LogP contribution in [0.4, 0.5) is 5.69 Å². The van der Waals surface area contributed by atoms with Gasteiger partial charge in [0.05, 0.1) is 29.9 Å². The van der Waals surface area contributed by atoms with Crippen molar-refractivity contribution in [3.05, 3.63) is 24.0 Å². The van der Waals surface area contributed by atoms with E-state index >= 15 is 0 Å². The third-order valence-corrected chi connectivity index (χ3v) is 2.87. The van der Waals surface area contributed by atoms with Crippen molar-refractivity contribution >= 4 is 29.2 Å². The number of pyridine rings is 1. The van der Waals surface area contributed by atoms with Crippen LogP contribution in [0.5, 0.6) is 0 Å². The predicted octanol–water partition coefficient (Wildman–Crippen LogP) is 1.21. The van der Waals surface area contributed by atoms with Crippen LogP contribution in [0.2, 0.25) is 0 Å². The third kappa shape index (κ3) is 2.24. The van der Waals surface area contributed by atoms with Crippen molar-refractivity contribution in [3.63, 3.8) is 0 Å². The van der Waals surface area contributed by atoms with E-state index in [0.29, 0.717) is 17.8 Å². The number of rotatable bonds is 2. The van der Waals surface area contributed by atoms with Crippen LogP contribution in [0.1, 0.15) is 16.8 Å². The van der Waals surface area contributed by atoms with Gasteiger partial charge in [0, 0.05) is 19.2 Å². The monoisotopic (exact) mass is 254 g/mol. The van der Waals surface area contributed by atoms with Crippen LogP contribution in [-0.4, -0.2) is 35.9 Å². The van der Waals surface area contributed by atoms with Crippen LogP contribution in [0, 0.1) is 0 Å². The molecule has 0 aromatic carbocycles. The fourth-order valence-corrected chi connectivity index (χ4v) is 2.05. The standard InChI is InChI=1S/C11H11ClN2O3/c1-17-11(16)8-2-3-13-5-9(8)14-6-7(12)4-10(14)15/h2-3,5,7H,4,6H2,1H3. The van der Waals surface area contributed by atoms with E-state index in [-0.39, 0.29) is 17.7 Å². The van der Waals surface area contributed by atoms with Gasteiger partial charge in [-0.3, -0.25) is 9.78 Å². The number of esters is 1. The minimum absolute atomic E-state index is 0.108. The molecule has 6 heteroatoms. The maximum Gasteiger partial charge on any atom is 0.340 e. The summed E-state index contributed by atoms with van der Waals surface area (Å²) in [6, 6.07) is 1.52. The second-order valence-electron chi connectivity index (χ2n) is 3.69. The average molecular weight is 255 g/mol. The fraction of sp³-hybridized carbons (Fsp3) is 0.364. The smallest absolute Gasteiger partial charge is 0.340 e. The molecule has 0 saturated carbocycles. The normalized spacial score (nSPS) is 19.5. The molecule has 5 nitrogen and oxygen atoms in total. The van der Waals surface area contributed by atoms with Crippen molar-refractivity contribution in [2.75, 3.05) is 18.6 Å². The third-order valence-electron chi connectivity index (χ3n) is 2.57. The molecule has 17 heavy (non-hydrogen) atoms. The summed E-state index contributed by atoms with van der Waals surface area (Å²) in [7, 11) is 1.29. The van der Waals surface area contributed by atoms with Gasteiger partial charge in [-0.2, -0.15) is 0 Å². The number of methoxy groups -OCH3 is 1. The van der Waals surface area contributed by atoms with Crippen molar-refractivity contribution in [3.8, 4) is 0 Å². The van der Waals surface area contributed by atoms with Crippen LogP contribution in [0.3, 0.4) is 0 Å². The van der Waals surface area contributed by atoms with E-state index in [2.05, 4.69) is 9.72 Å². The number of alkyl halides is 1. The van der Waals surface area contributed by atoms with E-state index in [4.69, 9.17) is 11.6 Å². The van der Waals surface area contributed by atoms with E-state index in [0.717, 1.165) is 0 Å². The van der Waals surface area contributed by atoms with Gasteiger partial charge in [-0.25, -0.2) is 4.79 Å². The largest absolute Gasteiger partial charge is 0.465 e. The topological polar surface area (TPSA) is 59.5 Å². The molecule has 1 amide bonds. The summed E-state index contributed by atoms with van der Waals surface area (Å²) in [4.78, 5) is 28.7. The minimum atomic E-state index is -0.492. The lowest BCUT2D eigenvalue weighted by atomic mass is 10.2. The second-order valence-corrected chi connectivity index (χ2v) is 4.31. The molecule has 0 spiro atoms. The first-order valence-electron chi connectivity index (χ1n) is 5.10. The van der Waals surface area contributed by atoms with Crippen molar-refractivity contribution in [1.82, 2.24) is 4.98 Å². The molecule has 0 radical (unpaired) electrons. The van der Waals surface area contributed by atoms with Crippen LogP contribution in [-0.2, 0) is 9.53 Å². The summed E-state index contributed by atoms with van der Waals surface area (Å²) in [6.07, 6.45) is 3.23. The van der Waals surface area contributed by atoms with E-state index in [9.17, 15) is 9.59 Å². The number of amides is 1. The Bertz CT molecular complexity index is 464. The molecule has 1 aliphatic heterocycles. The number of hydrogen-bond donors (Lipinski definition) is 0. The Labute approximate surface area is 103 Å². The van der Waals surface area contributed by atoms with Crippen molar-refractivity contribution < 1.29 is 14.3 Å². The van der Waals surface area contributed by atoms with Crippen molar-refractivity contribution in [2.24, 2.45) is 0 Å². The van der Waals surface area contributed by atoms with Gasteiger partial charge < -0.3 is 9.64 Å². The first-order chi connectivity index (χ1) is 8.13. The number of anilines is 1. The number of carbonyl (C=O) groups is 2. The lowest BCUT2D eigenvalue weighted by Gasteiger charge is -2.17. The number of nitrogens with zero attached hydrogens (tertiary/aromatic N) is 2. The molecule has 0 bridgehead atoms. The lowest BCUT2D eigenvalue weighted by Crippen LogP contribution is -2.27. The Hall–Kier alpha value is -1.62. The van der Waals surface area contributed by atoms with Gasteiger partial charge in [0.15, 0.2) is 0 Å². The molecular formula is C11H11ClN2O3. The van der Waals surface area contributed by atoms with E-state index < -0.39 is 5.97 Å². The highest BCUT2D eigenvalue weighted by Crippen LogP contribution is 2.27. The van der Waals surface area contributed by atoms with Gasteiger partial charge in [-0.15, -0.1) is 11.6 Å². The van der Waals surface area contributed by atoms with Crippen LogP contribution < -0.4 is 4.90 Å². The highest BCUT2D eigenvalue weighted by atomic mass is 35.5. The summed E-state index contributed by atoms with van der Waals surface area (Å²) in [5, 5.41) is -0.229. The SMILES string of the molecule is COC(=O)c1ccncc1N1CC(Cl)CC1=O. The molecule has 0 aliphatic carbocycles. The lowest BCUT2D eigenvalue weighted by molar-refractivity contribution is -0.117. The van der Waals surface area contributed by atoms with Crippen molar-refractivity contribution in [1.29, 1.82) is 0 Å². The number of ether oxygens (including phenoxy) is 1. The number of halogens is 1. The Kier molecular flexibility index (Phi) is 3.28. The fourth-order valence-electron chi connectivity index (χ4n) is 1.78. The zero-order chi connectivity index (χ0) is 12.4. The summed E-state index contributed by atoms with van der Waals surface area (Å²) in [6.45, 7) is 0.385. The Morgan fingerprint density at radius 3 is 3.00 bits per heavy atom. The second kappa shape index (κ2) is 4.71. The van der Waals surface area contributed by atoms with E-state index in [1.165, 1.54) is 30.5 Å². The Balaban J connectivity index is 2.38.